The summed E-state index contributed by atoms with van der Waals surface area (Å²) in [7, 11) is 1.71. The molecule has 0 amide bonds. The Hall–Kier alpha value is -1.97. The highest BCUT2D eigenvalue weighted by atomic mass is 32.1. The van der Waals surface area contributed by atoms with Crippen LogP contribution in [0.4, 0.5) is 0 Å². The van der Waals surface area contributed by atoms with Crippen LogP contribution in [-0.2, 0) is 11.3 Å². The number of methoxy groups -OCH3 is 1. The molecule has 0 saturated heterocycles. The minimum Gasteiger partial charge on any atom is -0.383 e. The Morgan fingerprint density at radius 2 is 1.82 bits per heavy atom. The molecule has 0 aliphatic rings. The van der Waals surface area contributed by atoms with Gasteiger partial charge in [0.25, 0.3) is 0 Å². The normalized spacial score (nSPS) is 11.9. The fraction of sp³-hybridized carbons (Fsp3) is 0.526. The number of aromatic nitrogens is 1. The highest BCUT2D eigenvalue weighted by Gasteiger charge is 2.16. The van der Waals surface area contributed by atoms with Crippen LogP contribution in [0.2, 0.25) is 0 Å². The van der Waals surface area contributed by atoms with Gasteiger partial charge < -0.3 is 25.3 Å². The Morgan fingerprint density at radius 3 is 2.43 bits per heavy atom. The van der Waals surface area contributed by atoms with Crippen LogP contribution in [0.5, 0.6) is 0 Å². The summed E-state index contributed by atoms with van der Waals surface area (Å²) in [5.41, 5.74) is 7.96. The van der Waals surface area contributed by atoms with Crippen molar-refractivity contribution in [3.05, 3.63) is 34.8 Å². The Labute approximate surface area is 179 Å². The second kappa shape index (κ2) is 12.5. The van der Waals surface area contributed by atoms with Gasteiger partial charge in [0, 0.05) is 49.9 Å². The summed E-state index contributed by atoms with van der Waals surface area (Å²) in [6.07, 6.45) is 1.85. The number of hydrogen-bond donors (Lipinski definition) is 4. The van der Waals surface area contributed by atoms with Crippen molar-refractivity contribution >= 4 is 40.4 Å². The highest BCUT2D eigenvalue weighted by Crippen LogP contribution is 2.19. The summed E-state index contributed by atoms with van der Waals surface area (Å²) < 4.78 is 7.46. The van der Waals surface area contributed by atoms with E-state index >= 15 is 0 Å². The molecule has 0 saturated carbocycles. The van der Waals surface area contributed by atoms with E-state index in [1.165, 1.54) is 0 Å². The van der Waals surface area contributed by atoms with Gasteiger partial charge in [0.1, 0.15) is 0 Å². The lowest BCUT2D eigenvalue weighted by Crippen LogP contribution is -2.33. The zero-order valence-corrected chi connectivity index (χ0v) is 19.2. The molecule has 1 aromatic rings. The van der Waals surface area contributed by atoms with Crippen molar-refractivity contribution < 1.29 is 4.74 Å². The van der Waals surface area contributed by atoms with Gasteiger partial charge >= 0.3 is 0 Å². The van der Waals surface area contributed by atoms with Gasteiger partial charge in [-0.25, -0.2) is 0 Å². The molecule has 1 heterocycles. The smallest absolute Gasteiger partial charge is 0.186 e. The maximum absolute atomic E-state index is 5.25. The van der Waals surface area contributed by atoms with Crippen molar-refractivity contribution in [2.24, 2.45) is 5.10 Å². The molecule has 0 unspecified atom stereocenters. The summed E-state index contributed by atoms with van der Waals surface area (Å²) >= 11 is 10.5. The van der Waals surface area contributed by atoms with Crippen LogP contribution in [0.15, 0.2) is 22.9 Å². The number of thiocarbonyl (C=S) groups is 2. The maximum Gasteiger partial charge on any atom is 0.186 e. The molecule has 156 valence electrons. The van der Waals surface area contributed by atoms with E-state index in [0.29, 0.717) is 16.8 Å². The Morgan fingerprint density at radius 1 is 1.18 bits per heavy atom. The minimum absolute atomic E-state index is 0.483. The summed E-state index contributed by atoms with van der Waals surface area (Å²) in [5, 5.41) is 14.8. The van der Waals surface area contributed by atoms with Crippen molar-refractivity contribution in [1.82, 2.24) is 25.9 Å². The van der Waals surface area contributed by atoms with Crippen molar-refractivity contribution in [2.75, 3.05) is 26.8 Å². The third-order valence-electron chi connectivity index (χ3n) is 4.08. The predicted octanol–water partition coefficient (Wildman–Crippen LogP) is 2.33. The van der Waals surface area contributed by atoms with Crippen LogP contribution in [-0.4, -0.2) is 47.3 Å². The lowest BCUT2D eigenvalue weighted by atomic mass is 10.0. The van der Waals surface area contributed by atoms with E-state index in [9.17, 15) is 0 Å². The van der Waals surface area contributed by atoms with Crippen molar-refractivity contribution in [2.45, 2.75) is 41.2 Å². The first kappa shape index (κ1) is 24.1. The lowest BCUT2D eigenvalue weighted by molar-refractivity contribution is 0.186. The minimum atomic E-state index is 0.483. The topological polar surface area (TPSA) is 74.6 Å². The zero-order valence-electron chi connectivity index (χ0n) is 17.6. The summed E-state index contributed by atoms with van der Waals surface area (Å²) in [5.74, 6) is 0. The molecule has 0 spiro atoms. The Balaban J connectivity index is 3.24. The molecule has 0 aliphatic carbocycles. The molecule has 0 bridgehead atoms. The number of ether oxygens (including phenoxy) is 1. The van der Waals surface area contributed by atoms with Crippen molar-refractivity contribution in [1.29, 1.82) is 0 Å². The van der Waals surface area contributed by atoms with Crippen LogP contribution in [0, 0.1) is 13.8 Å². The van der Waals surface area contributed by atoms with Gasteiger partial charge in [-0.15, -0.1) is 0 Å². The van der Waals surface area contributed by atoms with Crippen LogP contribution >= 0.6 is 24.4 Å². The molecule has 9 heteroatoms. The molecule has 0 radical (unpaired) electrons. The first-order valence-corrected chi connectivity index (χ1v) is 10.2. The van der Waals surface area contributed by atoms with Gasteiger partial charge in [-0.1, -0.05) is 0 Å². The second-order valence-corrected chi connectivity index (χ2v) is 7.01. The highest BCUT2D eigenvalue weighted by molar-refractivity contribution is 7.80. The van der Waals surface area contributed by atoms with Crippen molar-refractivity contribution in [3.63, 3.8) is 0 Å². The van der Waals surface area contributed by atoms with Gasteiger partial charge in [-0.2, -0.15) is 5.10 Å². The molecule has 0 fully saturated rings. The predicted molar refractivity (Wildman–Crippen MR) is 125 cm³/mol. The molecular weight excluding hydrogens is 392 g/mol. The van der Waals surface area contributed by atoms with E-state index in [4.69, 9.17) is 29.2 Å². The van der Waals surface area contributed by atoms with E-state index in [-0.39, 0.29) is 0 Å². The summed E-state index contributed by atoms with van der Waals surface area (Å²) in [6.45, 7) is 13.1. The van der Waals surface area contributed by atoms with Gasteiger partial charge in [0.05, 0.1) is 12.3 Å². The molecule has 7 nitrogen and oxygen atoms in total. The largest absolute Gasteiger partial charge is 0.383 e. The molecule has 0 aromatic carbocycles. The van der Waals surface area contributed by atoms with E-state index in [1.54, 1.807) is 7.11 Å². The monoisotopic (exact) mass is 424 g/mol. The number of nitrogens with one attached hydrogen (secondary N) is 4. The Kier molecular flexibility index (Phi) is 10.7. The molecule has 1 rings (SSSR count). The van der Waals surface area contributed by atoms with E-state index < -0.39 is 0 Å². The van der Waals surface area contributed by atoms with Crippen molar-refractivity contribution in [3.8, 4) is 0 Å². The average Bonchev–Trinajstić information content (AvgIpc) is 2.93. The van der Waals surface area contributed by atoms with Gasteiger partial charge in [0.15, 0.2) is 10.2 Å². The Bertz CT molecular complexity index is 739. The fourth-order valence-corrected chi connectivity index (χ4v) is 3.08. The third-order valence-corrected chi connectivity index (χ3v) is 4.58. The molecular formula is C19H32N6OS2. The first-order valence-electron chi connectivity index (χ1n) is 9.34. The number of rotatable bonds is 9. The van der Waals surface area contributed by atoms with Crippen LogP contribution in [0.25, 0.3) is 0 Å². The lowest BCUT2D eigenvalue weighted by Gasteiger charge is -2.12. The molecule has 0 aliphatic heterocycles. The SMILES string of the molecule is CCNC(=S)N/C=C(C)/C(=N/NC(=S)NCC)c1cc(C)n(CCOC)c1C. The number of allylic oxidation sites excluding steroid dienone is 1. The summed E-state index contributed by atoms with van der Waals surface area (Å²) in [4.78, 5) is 0. The summed E-state index contributed by atoms with van der Waals surface area (Å²) in [6, 6.07) is 2.13. The number of nitrogens with zero attached hydrogens (tertiary/aromatic N) is 2. The molecule has 1 aromatic heterocycles. The second-order valence-electron chi connectivity index (χ2n) is 6.19. The van der Waals surface area contributed by atoms with Crippen LogP contribution < -0.4 is 21.4 Å². The van der Waals surface area contributed by atoms with Crippen LogP contribution in [0.1, 0.15) is 37.7 Å². The first-order chi connectivity index (χ1) is 13.3. The molecule has 4 N–H and O–H groups in total. The van der Waals surface area contributed by atoms with E-state index in [1.807, 2.05) is 27.0 Å². The third kappa shape index (κ3) is 7.21. The van der Waals surface area contributed by atoms with Crippen LogP contribution in [0.3, 0.4) is 0 Å². The van der Waals surface area contributed by atoms with Gasteiger partial charge in [0.2, 0.25) is 0 Å². The van der Waals surface area contributed by atoms with Gasteiger partial charge in [-0.3, -0.25) is 5.43 Å². The molecule has 0 atom stereocenters. The van der Waals surface area contributed by atoms with E-state index in [2.05, 4.69) is 51.0 Å². The number of hydrazone groups is 1. The maximum atomic E-state index is 5.25. The molecule has 28 heavy (non-hydrogen) atoms. The van der Waals surface area contributed by atoms with Gasteiger partial charge in [-0.05, 0) is 70.7 Å². The number of hydrogen-bond acceptors (Lipinski definition) is 4. The average molecular weight is 425 g/mol. The standard InChI is InChI=1S/C19H32N6OS2/c1-7-20-18(27)22-12-13(3)17(23-24-19(28)21-8-2)16-11-14(4)25(15(16)5)9-10-26-6/h11-12H,7-10H2,1-6H3,(H2,20,22,27)(H2,21,24,28)/b13-12+,23-17-. The fourth-order valence-electron chi connectivity index (χ4n) is 2.69. The zero-order chi connectivity index (χ0) is 21.1. The van der Waals surface area contributed by atoms with E-state index in [0.717, 1.165) is 47.9 Å². The number of aryl methyl sites for hydroxylation is 1. The quantitative estimate of drug-likeness (QED) is 0.275.